The number of benzene rings is 1. The van der Waals surface area contributed by atoms with Crippen molar-refractivity contribution in [2.24, 2.45) is 5.73 Å². The number of pyridine rings is 1. The average molecular weight is 266 g/mol. The van der Waals surface area contributed by atoms with E-state index in [9.17, 15) is 0 Å². The van der Waals surface area contributed by atoms with Crippen molar-refractivity contribution in [1.29, 1.82) is 0 Å². The second kappa shape index (κ2) is 4.93. The molecule has 0 aliphatic heterocycles. The summed E-state index contributed by atoms with van der Waals surface area (Å²) in [6, 6.07) is 6.38. The minimum Gasteiger partial charge on any atom is -0.401 e. The molecule has 0 saturated heterocycles. The number of allylic oxidation sites excluding steroid dienone is 1. The van der Waals surface area contributed by atoms with Gasteiger partial charge >= 0.3 is 0 Å². The lowest BCUT2D eigenvalue weighted by Crippen LogP contribution is -2.35. The highest BCUT2D eigenvalue weighted by molar-refractivity contribution is 5.96. The van der Waals surface area contributed by atoms with Gasteiger partial charge in [-0.1, -0.05) is 44.9 Å². The molecule has 1 aliphatic carbocycles. The van der Waals surface area contributed by atoms with E-state index in [0.29, 0.717) is 0 Å². The summed E-state index contributed by atoms with van der Waals surface area (Å²) in [5, 5.41) is 2.57. The lowest BCUT2D eigenvalue weighted by molar-refractivity contribution is 0.416. The van der Waals surface area contributed by atoms with E-state index in [1.54, 1.807) is 0 Å². The van der Waals surface area contributed by atoms with Crippen LogP contribution in [-0.4, -0.2) is 4.98 Å². The van der Waals surface area contributed by atoms with Gasteiger partial charge in [-0.15, -0.1) is 0 Å². The van der Waals surface area contributed by atoms with Crippen molar-refractivity contribution in [3.05, 3.63) is 47.4 Å². The van der Waals surface area contributed by atoms with Gasteiger partial charge in [-0.25, -0.2) is 0 Å². The van der Waals surface area contributed by atoms with Crippen LogP contribution in [0.3, 0.4) is 0 Å². The number of hydrogen-bond acceptors (Lipinski definition) is 2. The second-order valence-electron chi connectivity index (χ2n) is 5.81. The molecule has 0 saturated carbocycles. The minimum absolute atomic E-state index is 0.0234. The Kier molecular flexibility index (Phi) is 3.25. The lowest BCUT2D eigenvalue weighted by atomic mass is 9.67. The van der Waals surface area contributed by atoms with Gasteiger partial charge in [-0.3, -0.25) is 4.98 Å². The van der Waals surface area contributed by atoms with Crippen LogP contribution in [0, 0.1) is 0 Å². The summed E-state index contributed by atoms with van der Waals surface area (Å²) in [5.41, 5.74) is 10.1. The van der Waals surface area contributed by atoms with E-state index in [0.717, 1.165) is 31.4 Å². The largest absolute Gasteiger partial charge is 0.401 e. The van der Waals surface area contributed by atoms with Crippen LogP contribution in [0.5, 0.6) is 0 Å². The van der Waals surface area contributed by atoms with Crippen molar-refractivity contribution in [3.63, 3.8) is 0 Å². The Morgan fingerprint density at radius 3 is 2.55 bits per heavy atom. The molecule has 1 aromatic heterocycles. The molecular formula is C18H22N2. The number of aromatic nitrogens is 1. The molecule has 1 aliphatic rings. The van der Waals surface area contributed by atoms with Crippen molar-refractivity contribution >= 4 is 16.8 Å². The van der Waals surface area contributed by atoms with Gasteiger partial charge in [-0.05, 0) is 35.4 Å². The zero-order valence-corrected chi connectivity index (χ0v) is 12.3. The van der Waals surface area contributed by atoms with Gasteiger partial charge in [0.2, 0.25) is 0 Å². The third-order valence-corrected chi connectivity index (χ3v) is 4.55. The maximum atomic E-state index is 6.51. The van der Waals surface area contributed by atoms with Crippen molar-refractivity contribution in [2.45, 2.75) is 44.9 Å². The number of hydrogen-bond donors (Lipinski definition) is 1. The standard InChI is InChI=1S/C18H22N2/c1-3-8-18(9-4-2)15-12-20-11-14-7-5-6-13(17(14)15)10-16(18)19/h5-7,10-12H,3-4,8-9,19H2,1-2H3. The second-order valence-corrected chi connectivity index (χ2v) is 5.81. The van der Waals surface area contributed by atoms with Crippen LogP contribution in [0.4, 0.5) is 0 Å². The molecule has 104 valence electrons. The Labute approximate surface area is 120 Å². The predicted molar refractivity (Wildman–Crippen MR) is 85.4 cm³/mol. The van der Waals surface area contributed by atoms with Crippen LogP contribution in [0.15, 0.2) is 36.3 Å². The van der Waals surface area contributed by atoms with Crippen LogP contribution >= 0.6 is 0 Å². The summed E-state index contributed by atoms with van der Waals surface area (Å²) in [7, 11) is 0. The molecule has 0 atom stereocenters. The third kappa shape index (κ3) is 1.75. The first-order chi connectivity index (χ1) is 9.73. The van der Waals surface area contributed by atoms with Gasteiger partial charge in [-0.2, -0.15) is 0 Å². The van der Waals surface area contributed by atoms with Crippen molar-refractivity contribution < 1.29 is 0 Å². The van der Waals surface area contributed by atoms with Crippen molar-refractivity contribution in [2.75, 3.05) is 0 Å². The molecule has 2 aromatic rings. The van der Waals surface area contributed by atoms with Gasteiger partial charge in [0.15, 0.2) is 0 Å². The van der Waals surface area contributed by atoms with Crippen LogP contribution in [0.1, 0.15) is 50.7 Å². The SMILES string of the molecule is CCCC1(CCC)C(N)=Cc2cccc3cncc1c23. The Hall–Kier alpha value is -1.83. The first-order valence-electron chi connectivity index (χ1n) is 7.58. The molecule has 0 bridgehead atoms. The third-order valence-electron chi connectivity index (χ3n) is 4.55. The Morgan fingerprint density at radius 1 is 1.10 bits per heavy atom. The van der Waals surface area contributed by atoms with E-state index in [-0.39, 0.29) is 5.41 Å². The molecule has 2 heteroatoms. The number of nitrogens with zero attached hydrogens (tertiary/aromatic N) is 1. The Morgan fingerprint density at radius 2 is 1.85 bits per heavy atom. The fraction of sp³-hybridized carbons (Fsp3) is 0.389. The molecule has 1 aromatic carbocycles. The predicted octanol–water partition coefficient (Wildman–Crippen LogP) is 4.39. The summed E-state index contributed by atoms with van der Waals surface area (Å²) in [4.78, 5) is 4.47. The molecule has 2 nitrogen and oxygen atoms in total. The highest BCUT2D eigenvalue weighted by Gasteiger charge is 2.37. The smallest absolute Gasteiger partial charge is 0.0369 e. The molecule has 0 unspecified atom stereocenters. The summed E-state index contributed by atoms with van der Waals surface area (Å²) in [5.74, 6) is 0. The van der Waals surface area contributed by atoms with E-state index in [4.69, 9.17) is 5.73 Å². The molecule has 0 spiro atoms. The minimum atomic E-state index is -0.0234. The Balaban J connectivity index is 2.34. The normalized spacial score (nSPS) is 16.2. The molecule has 0 radical (unpaired) electrons. The first-order valence-corrected chi connectivity index (χ1v) is 7.58. The van der Waals surface area contributed by atoms with Gasteiger partial charge in [0.05, 0.1) is 0 Å². The summed E-state index contributed by atoms with van der Waals surface area (Å²) in [6.07, 6.45) is 10.6. The molecule has 2 N–H and O–H groups in total. The van der Waals surface area contributed by atoms with Gasteiger partial charge in [0, 0.05) is 28.9 Å². The van der Waals surface area contributed by atoms with E-state index in [2.05, 4.69) is 43.1 Å². The van der Waals surface area contributed by atoms with Gasteiger partial charge < -0.3 is 5.73 Å². The van der Waals surface area contributed by atoms with Crippen LogP contribution in [-0.2, 0) is 5.41 Å². The summed E-state index contributed by atoms with van der Waals surface area (Å²) < 4.78 is 0. The fourth-order valence-corrected chi connectivity index (χ4v) is 3.74. The van der Waals surface area contributed by atoms with Crippen molar-refractivity contribution in [1.82, 2.24) is 4.98 Å². The van der Waals surface area contributed by atoms with E-state index < -0.39 is 0 Å². The lowest BCUT2D eigenvalue weighted by Gasteiger charge is -2.38. The highest BCUT2D eigenvalue weighted by Crippen LogP contribution is 2.46. The number of nitrogens with two attached hydrogens (primary N) is 1. The fourth-order valence-electron chi connectivity index (χ4n) is 3.74. The molecular weight excluding hydrogens is 244 g/mol. The molecule has 3 rings (SSSR count). The topological polar surface area (TPSA) is 38.9 Å². The average Bonchev–Trinajstić information content (AvgIpc) is 2.45. The summed E-state index contributed by atoms with van der Waals surface area (Å²) in [6.45, 7) is 4.47. The quantitative estimate of drug-likeness (QED) is 0.891. The first kappa shape index (κ1) is 13.2. The molecule has 0 fully saturated rings. The van der Waals surface area contributed by atoms with Crippen LogP contribution in [0.25, 0.3) is 16.8 Å². The zero-order chi connectivity index (χ0) is 14.2. The van der Waals surface area contributed by atoms with Crippen molar-refractivity contribution in [3.8, 4) is 0 Å². The monoisotopic (exact) mass is 266 g/mol. The highest BCUT2D eigenvalue weighted by atomic mass is 14.7. The molecule has 20 heavy (non-hydrogen) atoms. The van der Waals surface area contributed by atoms with E-state index >= 15 is 0 Å². The molecule has 0 amide bonds. The van der Waals surface area contributed by atoms with Crippen LogP contribution < -0.4 is 5.73 Å². The maximum absolute atomic E-state index is 6.51. The van der Waals surface area contributed by atoms with Gasteiger partial charge in [0.25, 0.3) is 0 Å². The molecule has 1 heterocycles. The maximum Gasteiger partial charge on any atom is 0.0369 e. The Bertz CT molecular complexity index is 659. The van der Waals surface area contributed by atoms with E-state index in [1.807, 2.05) is 12.4 Å². The number of rotatable bonds is 4. The van der Waals surface area contributed by atoms with E-state index in [1.165, 1.54) is 21.9 Å². The zero-order valence-electron chi connectivity index (χ0n) is 12.3. The van der Waals surface area contributed by atoms with Crippen LogP contribution in [0.2, 0.25) is 0 Å². The summed E-state index contributed by atoms with van der Waals surface area (Å²) >= 11 is 0. The van der Waals surface area contributed by atoms with Gasteiger partial charge in [0.1, 0.15) is 0 Å².